The summed E-state index contributed by atoms with van der Waals surface area (Å²) in [4.78, 5) is 10.5. The number of carboxylic acid groups (broad SMARTS) is 1. The summed E-state index contributed by atoms with van der Waals surface area (Å²) in [7, 11) is 0. The standard InChI is InChI=1S/C19H20O3/c1-19(2,3)15-7-11-17(12-8-15)22-16-9-4-14(5-10-16)6-13-18(20)21/h4-13H,1-3H3,(H,20,21). The number of hydrogen-bond acceptors (Lipinski definition) is 2. The van der Waals surface area contributed by atoms with E-state index >= 15 is 0 Å². The fraction of sp³-hybridized carbons (Fsp3) is 0.211. The van der Waals surface area contributed by atoms with Gasteiger partial charge in [0.15, 0.2) is 0 Å². The lowest BCUT2D eigenvalue weighted by Gasteiger charge is -2.19. The molecule has 0 heterocycles. The van der Waals surface area contributed by atoms with Crippen molar-refractivity contribution in [1.82, 2.24) is 0 Å². The van der Waals surface area contributed by atoms with Gasteiger partial charge in [-0.15, -0.1) is 0 Å². The Bertz CT molecular complexity index is 659. The van der Waals surface area contributed by atoms with E-state index < -0.39 is 5.97 Å². The van der Waals surface area contributed by atoms with Crippen molar-refractivity contribution in [1.29, 1.82) is 0 Å². The van der Waals surface area contributed by atoms with Gasteiger partial charge in [0.25, 0.3) is 0 Å². The molecule has 0 radical (unpaired) electrons. The first-order chi connectivity index (χ1) is 10.3. The smallest absolute Gasteiger partial charge is 0.328 e. The number of aliphatic carboxylic acids is 1. The molecule has 0 aliphatic heterocycles. The number of ether oxygens (including phenoxy) is 1. The van der Waals surface area contributed by atoms with E-state index in [1.807, 2.05) is 36.4 Å². The van der Waals surface area contributed by atoms with E-state index in [0.717, 1.165) is 23.1 Å². The predicted molar refractivity (Wildman–Crippen MR) is 88.3 cm³/mol. The van der Waals surface area contributed by atoms with E-state index in [0.29, 0.717) is 0 Å². The van der Waals surface area contributed by atoms with Crippen molar-refractivity contribution in [3.05, 3.63) is 65.7 Å². The van der Waals surface area contributed by atoms with Gasteiger partial charge in [-0.2, -0.15) is 0 Å². The SMILES string of the molecule is CC(C)(C)c1ccc(Oc2ccc(C=CC(=O)O)cc2)cc1. The highest BCUT2D eigenvalue weighted by Crippen LogP contribution is 2.27. The Morgan fingerprint density at radius 3 is 1.91 bits per heavy atom. The van der Waals surface area contributed by atoms with Crippen molar-refractivity contribution in [2.24, 2.45) is 0 Å². The molecular weight excluding hydrogens is 276 g/mol. The number of benzene rings is 2. The number of rotatable bonds is 4. The molecule has 0 fully saturated rings. The van der Waals surface area contributed by atoms with Crippen LogP contribution in [0.15, 0.2) is 54.6 Å². The summed E-state index contributed by atoms with van der Waals surface area (Å²) in [6, 6.07) is 15.3. The van der Waals surface area contributed by atoms with Gasteiger partial charge in [0.1, 0.15) is 11.5 Å². The van der Waals surface area contributed by atoms with Crippen LogP contribution < -0.4 is 4.74 Å². The Balaban J connectivity index is 2.06. The van der Waals surface area contributed by atoms with Crippen LogP contribution in [0, 0.1) is 0 Å². The maximum absolute atomic E-state index is 10.5. The average Bonchev–Trinajstić information content (AvgIpc) is 2.46. The summed E-state index contributed by atoms with van der Waals surface area (Å²) in [5.41, 5.74) is 2.20. The molecule has 0 atom stereocenters. The summed E-state index contributed by atoms with van der Waals surface area (Å²) >= 11 is 0. The van der Waals surface area contributed by atoms with Crippen molar-refractivity contribution in [3.63, 3.8) is 0 Å². The van der Waals surface area contributed by atoms with E-state index in [1.54, 1.807) is 6.08 Å². The van der Waals surface area contributed by atoms with E-state index in [2.05, 4.69) is 32.9 Å². The Morgan fingerprint density at radius 2 is 1.45 bits per heavy atom. The molecule has 3 heteroatoms. The first-order valence-corrected chi connectivity index (χ1v) is 7.14. The van der Waals surface area contributed by atoms with Gasteiger partial charge >= 0.3 is 5.97 Å². The minimum Gasteiger partial charge on any atom is -0.478 e. The summed E-state index contributed by atoms with van der Waals surface area (Å²) in [5, 5.41) is 8.59. The lowest BCUT2D eigenvalue weighted by Crippen LogP contribution is -2.10. The molecule has 3 nitrogen and oxygen atoms in total. The molecule has 0 spiro atoms. The van der Waals surface area contributed by atoms with Crippen molar-refractivity contribution in [2.75, 3.05) is 0 Å². The first-order valence-electron chi connectivity index (χ1n) is 7.14. The quantitative estimate of drug-likeness (QED) is 0.818. The Kier molecular flexibility index (Phi) is 4.66. The zero-order chi connectivity index (χ0) is 16.2. The largest absolute Gasteiger partial charge is 0.478 e. The summed E-state index contributed by atoms with van der Waals surface area (Å²) < 4.78 is 5.79. The second-order valence-electron chi connectivity index (χ2n) is 6.12. The minimum absolute atomic E-state index is 0.122. The van der Waals surface area contributed by atoms with Gasteiger partial charge in [-0.3, -0.25) is 0 Å². The van der Waals surface area contributed by atoms with Gasteiger partial charge in [0.05, 0.1) is 0 Å². The molecule has 1 N–H and O–H groups in total. The van der Waals surface area contributed by atoms with Crippen LogP contribution in [-0.4, -0.2) is 11.1 Å². The van der Waals surface area contributed by atoms with Gasteiger partial charge in [-0.05, 0) is 46.9 Å². The summed E-state index contributed by atoms with van der Waals surface area (Å²) in [6.45, 7) is 6.52. The number of carboxylic acids is 1. The van der Waals surface area contributed by atoms with Crippen LogP contribution >= 0.6 is 0 Å². The van der Waals surface area contributed by atoms with Gasteiger partial charge < -0.3 is 9.84 Å². The third kappa shape index (κ3) is 4.48. The molecule has 2 aromatic rings. The van der Waals surface area contributed by atoms with Gasteiger partial charge in [-0.1, -0.05) is 45.0 Å². The predicted octanol–water partition coefficient (Wildman–Crippen LogP) is 4.87. The topological polar surface area (TPSA) is 46.5 Å². The summed E-state index contributed by atoms with van der Waals surface area (Å²) in [5.74, 6) is 0.539. The molecule has 0 aliphatic rings. The molecule has 2 rings (SSSR count). The van der Waals surface area contributed by atoms with E-state index in [9.17, 15) is 4.79 Å². The van der Waals surface area contributed by atoms with E-state index in [-0.39, 0.29) is 5.41 Å². The molecule has 0 saturated heterocycles. The minimum atomic E-state index is -0.959. The van der Waals surface area contributed by atoms with Crippen LogP contribution in [0.4, 0.5) is 0 Å². The lowest BCUT2D eigenvalue weighted by molar-refractivity contribution is -0.131. The molecule has 2 aromatic carbocycles. The zero-order valence-corrected chi connectivity index (χ0v) is 13.0. The molecule has 0 amide bonds. The molecular formula is C19H20O3. The molecule has 0 saturated carbocycles. The first kappa shape index (κ1) is 15.8. The molecule has 0 aliphatic carbocycles. The van der Waals surface area contributed by atoms with Crippen molar-refractivity contribution in [2.45, 2.75) is 26.2 Å². The van der Waals surface area contributed by atoms with Crippen molar-refractivity contribution >= 4 is 12.0 Å². The summed E-state index contributed by atoms with van der Waals surface area (Å²) in [6.07, 6.45) is 2.66. The lowest BCUT2D eigenvalue weighted by atomic mass is 9.87. The fourth-order valence-electron chi connectivity index (χ4n) is 1.97. The van der Waals surface area contributed by atoms with E-state index in [1.165, 1.54) is 5.56 Å². The van der Waals surface area contributed by atoms with Gasteiger partial charge in [-0.25, -0.2) is 4.79 Å². The van der Waals surface area contributed by atoms with Gasteiger partial charge in [0, 0.05) is 6.08 Å². The highest BCUT2D eigenvalue weighted by Gasteiger charge is 2.13. The maximum atomic E-state index is 10.5. The maximum Gasteiger partial charge on any atom is 0.328 e. The Labute approximate surface area is 130 Å². The molecule has 0 aromatic heterocycles. The Morgan fingerprint density at radius 1 is 0.955 bits per heavy atom. The molecule has 0 unspecified atom stereocenters. The molecule has 114 valence electrons. The third-order valence-electron chi connectivity index (χ3n) is 3.25. The number of carbonyl (C=O) groups is 1. The average molecular weight is 296 g/mol. The number of hydrogen-bond donors (Lipinski definition) is 1. The highest BCUT2D eigenvalue weighted by atomic mass is 16.5. The highest BCUT2D eigenvalue weighted by molar-refractivity contribution is 5.85. The van der Waals surface area contributed by atoms with Crippen LogP contribution in [0.3, 0.4) is 0 Å². The second-order valence-corrected chi connectivity index (χ2v) is 6.12. The van der Waals surface area contributed by atoms with Crippen LogP contribution in [-0.2, 0) is 10.2 Å². The Hall–Kier alpha value is -2.55. The van der Waals surface area contributed by atoms with Crippen LogP contribution in [0.1, 0.15) is 31.9 Å². The monoisotopic (exact) mass is 296 g/mol. The zero-order valence-electron chi connectivity index (χ0n) is 13.0. The molecule has 0 bridgehead atoms. The van der Waals surface area contributed by atoms with Crippen molar-refractivity contribution in [3.8, 4) is 11.5 Å². The third-order valence-corrected chi connectivity index (χ3v) is 3.25. The van der Waals surface area contributed by atoms with E-state index in [4.69, 9.17) is 9.84 Å². The van der Waals surface area contributed by atoms with Crippen LogP contribution in [0.2, 0.25) is 0 Å². The fourth-order valence-corrected chi connectivity index (χ4v) is 1.97. The normalized spacial score (nSPS) is 11.6. The molecule has 22 heavy (non-hydrogen) atoms. The second kappa shape index (κ2) is 6.48. The van der Waals surface area contributed by atoms with Crippen molar-refractivity contribution < 1.29 is 14.6 Å². The van der Waals surface area contributed by atoms with Crippen LogP contribution in [0.25, 0.3) is 6.08 Å². The van der Waals surface area contributed by atoms with Crippen LogP contribution in [0.5, 0.6) is 11.5 Å². The van der Waals surface area contributed by atoms with Gasteiger partial charge in [0.2, 0.25) is 0 Å².